The molecule has 6 nitrogen and oxygen atoms in total. The van der Waals surface area contributed by atoms with E-state index in [4.69, 9.17) is 4.74 Å². The van der Waals surface area contributed by atoms with Crippen molar-refractivity contribution in [1.82, 2.24) is 20.1 Å². The number of aromatic nitrogens is 3. The molecule has 3 aromatic heterocycles. The van der Waals surface area contributed by atoms with Crippen LogP contribution in [0.15, 0.2) is 35.7 Å². The third-order valence-corrected chi connectivity index (χ3v) is 6.38. The molecule has 7 heteroatoms. The fourth-order valence-corrected chi connectivity index (χ4v) is 4.73. The molecular weight excluding hydrogens is 372 g/mol. The third kappa shape index (κ3) is 3.53. The summed E-state index contributed by atoms with van der Waals surface area (Å²) in [4.78, 5) is 5.87. The normalized spacial score (nSPS) is 16.3. The number of likely N-dealkylation sites (tertiary alicyclic amines) is 1. The smallest absolute Gasteiger partial charge is 0.126 e. The van der Waals surface area contributed by atoms with Crippen LogP contribution >= 0.6 is 11.3 Å². The number of thiophene rings is 1. The maximum Gasteiger partial charge on any atom is 0.126 e. The summed E-state index contributed by atoms with van der Waals surface area (Å²) in [5, 5.41) is 20.3. The summed E-state index contributed by atoms with van der Waals surface area (Å²) in [5.74, 6) is 0.899. The molecule has 0 atom stereocenters. The Morgan fingerprint density at radius 2 is 2.07 bits per heavy atom. The number of ether oxygens (including phenoxy) is 1. The molecule has 0 amide bonds. The standard InChI is InChI=1S/C21H24N4O2S/c26-15-4-8-25(9-5-15)7-1-10-27-16-2-3-17-14(12-16)13-19(22-17)20-21-18(23-24-20)6-11-28-21/h2-3,6,11-13,15,22,26H,1,4-5,7-10H2,(H,23,24). The molecule has 0 spiro atoms. The van der Waals surface area contributed by atoms with Crippen LogP contribution in [0.3, 0.4) is 0 Å². The van der Waals surface area contributed by atoms with Crippen LogP contribution in [-0.4, -0.2) is 57.5 Å². The molecule has 28 heavy (non-hydrogen) atoms. The lowest BCUT2D eigenvalue weighted by atomic mass is 10.1. The predicted molar refractivity (Wildman–Crippen MR) is 113 cm³/mol. The number of piperidine rings is 1. The molecular formula is C21H24N4O2S. The number of hydrogen-bond acceptors (Lipinski definition) is 5. The van der Waals surface area contributed by atoms with Crippen LogP contribution in [0.5, 0.6) is 5.75 Å². The molecule has 146 valence electrons. The summed E-state index contributed by atoms with van der Waals surface area (Å²) in [6.07, 6.45) is 2.67. The van der Waals surface area contributed by atoms with Crippen molar-refractivity contribution in [2.24, 2.45) is 0 Å². The van der Waals surface area contributed by atoms with Crippen molar-refractivity contribution < 1.29 is 9.84 Å². The molecule has 0 saturated carbocycles. The molecule has 4 aromatic rings. The monoisotopic (exact) mass is 396 g/mol. The van der Waals surface area contributed by atoms with E-state index < -0.39 is 0 Å². The van der Waals surface area contributed by atoms with Crippen molar-refractivity contribution in [2.75, 3.05) is 26.2 Å². The van der Waals surface area contributed by atoms with Crippen molar-refractivity contribution in [1.29, 1.82) is 0 Å². The van der Waals surface area contributed by atoms with E-state index in [0.717, 1.165) is 72.5 Å². The number of hydrogen-bond donors (Lipinski definition) is 3. The Hall–Kier alpha value is -2.35. The van der Waals surface area contributed by atoms with Crippen molar-refractivity contribution >= 4 is 32.5 Å². The van der Waals surface area contributed by atoms with E-state index >= 15 is 0 Å². The number of aliphatic hydroxyl groups is 1. The van der Waals surface area contributed by atoms with Gasteiger partial charge in [0, 0.05) is 30.5 Å². The van der Waals surface area contributed by atoms with Gasteiger partial charge in [0.05, 0.1) is 28.6 Å². The molecule has 0 aliphatic carbocycles. The molecule has 3 N–H and O–H groups in total. The third-order valence-electron chi connectivity index (χ3n) is 5.46. The molecule has 1 aliphatic rings. The van der Waals surface area contributed by atoms with Gasteiger partial charge in [-0.25, -0.2) is 0 Å². The second kappa shape index (κ2) is 7.58. The van der Waals surface area contributed by atoms with Gasteiger partial charge in [-0.15, -0.1) is 11.3 Å². The maximum absolute atomic E-state index is 9.58. The average Bonchev–Trinajstić information content (AvgIpc) is 3.41. The number of aliphatic hydroxyl groups excluding tert-OH is 1. The van der Waals surface area contributed by atoms with Crippen molar-refractivity contribution in [2.45, 2.75) is 25.4 Å². The van der Waals surface area contributed by atoms with Gasteiger partial charge in [0.2, 0.25) is 0 Å². The van der Waals surface area contributed by atoms with E-state index in [1.54, 1.807) is 11.3 Å². The molecule has 1 fully saturated rings. The summed E-state index contributed by atoms with van der Waals surface area (Å²) < 4.78 is 7.15. The van der Waals surface area contributed by atoms with Gasteiger partial charge < -0.3 is 19.7 Å². The van der Waals surface area contributed by atoms with Crippen LogP contribution < -0.4 is 4.74 Å². The van der Waals surface area contributed by atoms with E-state index in [1.807, 2.05) is 6.07 Å². The summed E-state index contributed by atoms with van der Waals surface area (Å²) in [7, 11) is 0. The number of H-pyrrole nitrogens is 2. The largest absolute Gasteiger partial charge is 0.494 e. The number of fused-ring (bicyclic) bond motifs is 2. The quantitative estimate of drug-likeness (QED) is 0.431. The van der Waals surface area contributed by atoms with Crippen molar-refractivity contribution in [3.8, 4) is 17.1 Å². The van der Waals surface area contributed by atoms with E-state index in [-0.39, 0.29) is 6.10 Å². The number of nitrogens with zero attached hydrogens (tertiary/aromatic N) is 2. The fourth-order valence-electron chi connectivity index (χ4n) is 3.88. The zero-order valence-electron chi connectivity index (χ0n) is 15.6. The summed E-state index contributed by atoms with van der Waals surface area (Å²) >= 11 is 1.70. The maximum atomic E-state index is 9.58. The first-order valence-electron chi connectivity index (χ1n) is 9.84. The molecule has 0 bridgehead atoms. The highest BCUT2D eigenvalue weighted by atomic mass is 32.1. The minimum Gasteiger partial charge on any atom is -0.494 e. The Morgan fingerprint density at radius 1 is 1.18 bits per heavy atom. The van der Waals surface area contributed by atoms with Gasteiger partial charge in [0.15, 0.2) is 0 Å². The predicted octanol–water partition coefficient (Wildman–Crippen LogP) is 4.00. The number of nitrogens with one attached hydrogen (secondary N) is 2. The topological polar surface area (TPSA) is 77.2 Å². The lowest BCUT2D eigenvalue weighted by Gasteiger charge is -2.29. The highest BCUT2D eigenvalue weighted by Gasteiger charge is 2.16. The first-order chi connectivity index (χ1) is 13.8. The minimum atomic E-state index is -0.108. The summed E-state index contributed by atoms with van der Waals surface area (Å²) in [5.41, 5.74) is 4.15. The van der Waals surface area contributed by atoms with Gasteiger partial charge in [-0.1, -0.05) is 0 Å². The van der Waals surface area contributed by atoms with Crippen LogP contribution in [0.25, 0.3) is 32.5 Å². The Morgan fingerprint density at radius 3 is 2.96 bits per heavy atom. The molecule has 1 saturated heterocycles. The van der Waals surface area contributed by atoms with Gasteiger partial charge in [-0.2, -0.15) is 5.10 Å². The van der Waals surface area contributed by atoms with Crippen molar-refractivity contribution in [3.05, 3.63) is 35.7 Å². The summed E-state index contributed by atoms with van der Waals surface area (Å²) in [6.45, 7) is 3.71. The highest BCUT2D eigenvalue weighted by Crippen LogP contribution is 2.32. The Kier molecular flexibility index (Phi) is 4.80. The van der Waals surface area contributed by atoms with Crippen LogP contribution in [0, 0.1) is 0 Å². The van der Waals surface area contributed by atoms with Crippen LogP contribution in [0.1, 0.15) is 19.3 Å². The Bertz CT molecular complexity index is 1070. The molecule has 5 rings (SSSR count). The van der Waals surface area contributed by atoms with E-state index in [0.29, 0.717) is 6.61 Å². The van der Waals surface area contributed by atoms with Gasteiger partial charge in [-0.3, -0.25) is 5.10 Å². The first kappa shape index (κ1) is 17.7. The summed E-state index contributed by atoms with van der Waals surface area (Å²) in [6, 6.07) is 10.4. The van der Waals surface area contributed by atoms with Crippen LogP contribution in [0.2, 0.25) is 0 Å². The van der Waals surface area contributed by atoms with Gasteiger partial charge >= 0.3 is 0 Å². The molecule has 1 aliphatic heterocycles. The van der Waals surface area contributed by atoms with Gasteiger partial charge in [0.1, 0.15) is 11.4 Å². The van der Waals surface area contributed by atoms with E-state index in [2.05, 4.69) is 49.7 Å². The molecule has 4 heterocycles. The number of benzene rings is 1. The number of aromatic amines is 2. The fraction of sp³-hybridized carbons (Fsp3) is 0.381. The molecule has 1 aromatic carbocycles. The van der Waals surface area contributed by atoms with Gasteiger partial charge in [0.25, 0.3) is 0 Å². The second-order valence-electron chi connectivity index (χ2n) is 7.44. The minimum absolute atomic E-state index is 0.108. The Balaban J connectivity index is 1.22. The van der Waals surface area contributed by atoms with Gasteiger partial charge in [-0.05, 0) is 55.0 Å². The SMILES string of the molecule is OC1CCN(CCCOc2ccc3[nH]c(-c4n[nH]c5ccsc45)cc3c2)CC1. The van der Waals surface area contributed by atoms with E-state index in [9.17, 15) is 5.11 Å². The molecule has 0 radical (unpaired) electrons. The average molecular weight is 397 g/mol. The zero-order valence-corrected chi connectivity index (χ0v) is 16.5. The lowest BCUT2D eigenvalue weighted by molar-refractivity contribution is 0.0800. The second-order valence-corrected chi connectivity index (χ2v) is 8.36. The number of rotatable bonds is 6. The van der Waals surface area contributed by atoms with Crippen molar-refractivity contribution in [3.63, 3.8) is 0 Å². The lowest BCUT2D eigenvalue weighted by Crippen LogP contribution is -2.36. The zero-order chi connectivity index (χ0) is 18.9. The van der Waals surface area contributed by atoms with Crippen LogP contribution in [-0.2, 0) is 0 Å². The highest BCUT2D eigenvalue weighted by molar-refractivity contribution is 7.17. The Labute approximate surface area is 167 Å². The van der Waals surface area contributed by atoms with Crippen LogP contribution in [0.4, 0.5) is 0 Å². The first-order valence-corrected chi connectivity index (χ1v) is 10.7. The molecule has 0 unspecified atom stereocenters. The van der Waals surface area contributed by atoms with E-state index in [1.165, 1.54) is 4.70 Å².